The maximum Gasteiger partial charge on any atom is 0.270 e. The maximum atomic E-state index is 12.5. The molecule has 0 radical (unpaired) electrons. The van der Waals surface area contributed by atoms with Crippen molar-refractivity contribution in [3.63, 3.8) is 0 Å². The Kier molecular flexibility index (Phi) is 3.08. The molecule has 1 aromatic carbocycles. The van der Waals surface area contributed by atoms with E-state index in [1.807, 2.05) is 6.07 Å². The zero-order valence-corrected chi connectivity index (χ0v) is 12.1. The number of aromatic nitrogens is 1. The molecule has 1 aliphatic carbocycles. The smallest absolute Gasteiger partial charge is 0.270 e. The molecule has 1 saturated heterocycles. The second kappa shape index (κ2) is 5.10. The van der Waals surface area contributed by atoms with Crippen LogP contribution >= 0.6 is 0 Å². The first-order chi connectivity index (χ1) is 10.7. The van der Waals surface area contributed by atoms with Crippen LogP contribution in [0.15, 0.2) is 42.5 Å². The lowest BCUT2D eigenvalue weighted by atomic mass is 9.94. The largest absolute Gasteiger partial charge is 0.384 e. The molecule has 112 valence electrons. The minimum atomic E-state index is -0.167. The summed E-state index contributed by atoms with van der Waals surface area (Å²) in [5, 5.41) is 6.58. The Labute approximate surface area is 128 Å². The average molecular weight is 294 g/mol. The zero-order valence-electron chi connectivity index (χ0n) is 12.1. The van der Waals surface area contributed by atoms with Crippen molar-refractivity contribution in [2.75, 3.05) is 18.8 Å². The van der Waals surface area contributed by atoms with Crippen LogP contribution in [-0.2, 0) is 0 Å². The molecule has 0 saturated carbocycles. The van der Waals surface area contributed by atoms with Crippen LogP contribution in [0.1, 0.15) is 33.6 Å². The number of nitrogen functional groups attached to an aromatic ring is 1. The fourth-order valence-corrected chi connectivity index (χ4v) is 3.73. The summed E-state index contributed by atoms with van der Waals surface area (Å²) in [6.07, 6.45) is 0. The van der Waals surface area contributed by atoms with E-state index >= 15 is 0 Å². The Balaban J connectivity index is 1.64. The number of rotatable bonds is 2. The summed E-state index contributed by atoms with van der Waals surface area (Å²) in [5.74, 6) is 1.08. The number of carbonyl (C=O) groups is 1. The van der Waals surface area contributed by atoms with Gasteiger partial charge in [-0.05, 0) is 23.3 Å². The molecule has 5 heteroatoms. The first kappa shape index (κ1) is 13.3. The number of carbonyl (C=O) groups excluding carboxylic acids is 1. The number of hydrogen-bond donors (Lipinski definition) is 3. The lowest BCUT2D eigenvalue weighted by Crippen LogP contribution is -2.33. The number of anilines is 1. The monoisotopic (exact) mass is 294 g/mol. The van der Waals surface area contributed by atoms with Crippen molar-refractivity contribution in [2.24, 2.45) is 5.92 Å². The van der Waals surface area contributed by atoms with Crippen molar-refractivity contribution >= 4 is 11.7 Å². The molecule has 3 atom stereocenters. The molecular weight excluding hydrogens is 276 g/mol. The van der Waals surface area contributed by atoms with Gasteiger partial charge in [0.1, 0.15) is 11.5 Å². The molecule has 1 amide bonds. The van der Waals surface area contributed by atoms with E-state index in [9.17, 15) is 4.79 Å². The third-order valence-electron chi connectivity index (χ3n) is 4.71. The summed E-state index contributed by atoms with van der Waals surface area (Å²) < 4.78 is 0. The van der Waals surface area contributed by atoms with Gasteiger partial charge in [-0.2, -0.15) is 0 Å². The first-order valence-corrected chi connectivity index (χ1v) is 7.57. The Morgan fingerprint density at radius 2 is 1.95 bits per heavy atom. The summed E-state index contributed by atoms with van der Waals surface area (Å²) in [7, 11) is 0. The molecule has 2 aliphatic rings. The van der Waals surface area contributed by atoms with Crippen LogP contribution in [0.5, 0.6) is 0 Å². The third kappa shape index (κ3) is 2.05. The minimum absolute atomic E-state index is 0.0342. The van der Waals surface area contributed by atoms with Gasteiger partial charge in [0.05, 0.1) is 6.04 Å². The van der Waals surface area contributed by atoms with Crippen LogP contribution in [0.2, 0.25) is 0 Å². The van der Waals surface area contributed by atoms with E-state index in [1.165, 1.54) is 11.1 Å². The summed E-state index contributed by atoms with van der Waals surface area (Å²) in [6, 6.07) is 13.5. The second-order valence-corrected chi connectivity index (χ2v) is 5.96. The van der Waals surface area contributed by atoms with E-state index < -0.39 is 0 Å². The highest BCUT2D eigenvalue weighted by atomic mass is 16.1. The molecule has 1 aromatic heterocycles. The van der Waals surface area contributed by atoms with Gasteiger partial charge in [-0.15, -0.1) is 0 Å². The lowest BCUT2D eigenvalue weighted by molar-refractivity contribution is 0.0921. The van der Waals surface area contributed by atoms with Gasteiger partial charge in [0, 0.05) is 24.9 Å². The van der Waals surface area contributed by atoms with E-state index in [-0.39, 0.29) is 11.9 Å². The first-order valence-electron chi connectivity index (χ1n) is 7.57. The standard InChI is InChI=1S/C17H18N4O/c18-15-7-3-6-14(20-15)17(22)21-16-11-5-2-1-4-10(11)12-8-19-9-13(12)16/h1-7,12-13,16,19H,8-9H2,(H2,18,20)(H,21,22)/t12-,13-,16-/m0/s1. The normalized spacial score (nSPS) is 25.5. The Morgan fingerprint density at radius 3 is 2.77 bits per heavy atom. The van der Waals surface area contributed by atoms with Crippen molar-refractivity contribution in [1.82, 2.24) is 15.6 Å². The van der Waals surface area contributed by atoms with Gasteiger partial charge in [-0.1, -0.05) is 30.3 Å². The van der Waals surface area contributed by atoms with Crippen LogP contribution in [0.3, 0.4) is 0 Å². The number of hydrogen-bond acceptors (Lipinski definition) is 4. The summed E-state index contributed by atoms with van der Waals surface area (Å²) in [4.78, 5) is 16.6. The molecule has 2 heterocycles. The zero-order chi connectivity index (χ0) is 15.1. The topological polar surface area (TPSA) is 80.0 Å². The van der Waals surface area contributed by atoms with Crippen LogP contribution in [0.4, 0.5) is 5.82 Å². The summed E-state index contributed by atoms with van der Waals surface area (Å²) in [6.45, 7) is 1.90. The van der Waals surface area contributed by atoms with Gasteiger partial charge in [0.15, 0.2) is 0 Å². The number of nitrogens with zero attached hydrogens (tertiary/aromatic N) is 1. The molecule has 1 aliphatic heterocycles. The fraction of sp³-hybridized carbons (Fsp3) is 0.294. The van der Waals surface area contributed by atoms with Gasteiger partial charge in [-0.3, -0.25) is 4.79 Å². The molecule has 0 bridgehead atoms. The van der Waals surface area contributed by atoms with E-state index in [0.717, 1.165) is 13.1 Å². The van der Waals surface area contributed by atoms with Crippen molar-refractivity contribution in [2.45, 2.75) is 12.0 Å². The van der Waals surface area contributed by atoms with Crippen molar-refractivity contribution in [3.05, 3.63) is 59.3 Å². The van der Waals surface area contributed by atoms with E-state index in [1.54, 1.807) is 18.2 Å². The van der Waals surface area contributed by atoms with Crippen molar-refractivity contribution in [3.8, 4) is 0 Å². The van der Waals surface area contributed by atoms with E-state index in [0.29, 0.717) is 23.3 Å². The maximum absolute atomic E-state index is 12.5. The predicted molar refractivity (Wildman–Crippen MR) is 84.4 cm³/mol. The average Bonchev–Trinajstić information content (AvgIpc) is 3.10. The molecular formula is C17H18N4O. The lowest BCUT2D eigenvalue weighted by Gasteiger charge is -2.20. The molecule has 5 nitrogen and oxygen atoms in total. The van der Waals surface area contributed by atoms with Gasteiger partial charge < -0.3 is 16.4 Å². The molecule has 4 N–H and O–H groups in total. The SMILES string of the molecule is Nc1cccc(C(=O)N[C@H]2c3ccccc3[C@@H]3CNC[C@@H]32)n1. The van der Waals surface area contributed by atoms with Gasteiger partial charge >= 0.3 is 0 Å². The van der Waals surface area contributed by atoms with Crippen molar-refractivity contribution < 1.29 is 4.79 Å². The molecule has 0 unspecified atom stereocenters. The highest BCUT2D eigenvalue weighted by Crippen LogP contribution is 2.46. The van der Waals surface area contributed by atoms with Gasteiger partial charge in [0.25, 0.3) is 5.91 Å². The molecule has 0 spiro atoms. The number of nitrogens with two attached hydrogens (primary N) is 1. The van der Waals surface area contributed by atoms with Gasteiger partial charge in [0.2, 0.25) is 0 Å². The predicted octanol–water partition coefficient (Wildman–Crippen LogP) is 1.45. The van der Waals surface area contributed by atoms with E-state index in [4.69, 9.17) is 5.73 Å². The fourth-order valence-electron chi connectivity index (χ4n) is 3.73. The van der Waals surface area contributed by atoms with Crippen LogP contribution < -0.4 is 16.4 Å². The summed E-state index contributed by atoms with van der Waals surface area (Å²) in [5.41, 5.74) is 8.62. The highest BCUT2D eigenvalue weighted by molar-refractivity contribution is 5.93. The number of pyridine rings is 1. The Hall–Kier alpha value is -2.40. The second-order valence-electron chi connectivity index (χ2n) is 5.96. The summed E-state index contributed by atoms with van der Waals surface area (Å²) >= 11 is 0. The third-order valence-corrected chi connectivity index (χ3v) is 4.71. The quantitative estimate of drug-likeness (QED) is 0.783. The molecule has 4 rings (SSSR count). The van der Waals surface area contributed by atoms with Crippen LogP contribution in [0, 0.1) is 5.92 Å². The molecule has 2 aromatic rings. The number of fused-ring (bicyclic) bond motifs is 3. The van der Waals surface area contributed by atoms with Crippen molar-refractivity contribution in [1.29, 1.82) is 0 Å². The highest BCUT2D eigenvalue weighted by Gasteiger charge is 2.43. The molecule has 22 heavy (non-hydrogen) atoms. The minimum Gasteiger partial charge on any atom is -0.384 e. The molecule has 1 fully saturated rings. The Morgan fingerprint density at radius 1 is 1.14 bits per heavy atom. The van der Waals surface area contributed by atoms with E-state index in [2.05, 4.69) is 33.8 Å². The number of benzene rings is 1. The van der Waals surface area contributed by atoms with Gasteiger partial charge in [-0.25, -0.2) is 4.98 Å². The number of amides is 1. The number of nitrogens with one attached hydrogen (secondary N) is 2. The Bertz CT molecular complexity index is 730. The van der Waals surface area contributed by atoms with Crippen LogP contribution in [-0.4, -0.2) is 24.0 Å². The van der Waals surface area contributed by atoms with Crippen LogP contribution in [0.25, 0.3) is 0 Å².